The molecule has 1 aliphatic heterocycles. The zero-order chi connectivity index (χ0) is 20.3. The Kier molecular flexibility index (Phi) is 4.23. The first-order valence-corrected chi connectivity index (χ1v) is 11.8. The molecule has 3 nitrogen and oxygen atoms in total. The van der Waals surface area contributed by atoms with Crippen LogP contribution in [0.1, 0.15) is 56.9 Å². The fraction of sp³-hybridized carbons (Fsp3) is 0.519. The number of aliphatic hydroxyl groups is 1. The van der Waals surface area contributed by atoms with E-state index in [0.29, 0.717) is 17.8 Å². The van der Waals surface area contributed by atoms with Gasteiger partial charge in [0.15, 0.2) is 0 Å². The first kappa shape index (κ1) is 18.8. The monoisotopic (exact) mass is 400 g/mol. The van der Waals surface area contributed by atoms with Gasteiger partial charge in [0, 0.05) is 24.3 Å². The number of nitrogens with one attached hydrogen (secondary N) is 1. The maximum Gasteiger partial charge on any atom is 0.0927 e. The van der Waals surface area contributed by atoms with Crippen molar-refractivity contribution >= 4 is 10.8 Å². The molecule has 3 aliphatic carbocycles. The van der Waals surface area contributed by atoms with Gasteiger partial charge in [-0.2, -0.15) is 0 Å². The summed E-state index contributed by atoms with van der Waals surface area (Å²) in [6.45, 7) is 4.60. The maximum atomic E-state index is 12.1. The van der Waals surface area contributed by atoms with E-state index >= 15 is 0 Å². The predicted molar refractivity (Wildman–Crippen MR) is 121 cm³/mol. The summed E-state index contributed by atoms with van der Waals surface area (Å²) in [6, 6.07) is 9.00. The van der Waals surface area contributed by atoms with Crippen LogP contribution in [0.3, 0.4) is 0 Å². The number of pyridine rings is 1. The average Bonchev–Trinajstić information content (AvgIpc) is 3.05. The van der Waals surface area contributed by atoms with E-state index in [1.807, 2.05) is 12.4 Å². The van der Waals surface area contributed by atoms with Crippen molar-refractivity contribution in [1.29, 1.82) is 0 Å². The van der Waals surface area contributed by atoms with E-state index in [2.05, 4.69) is 53.6 Å². The maximum absolute atomic E-state index is 12.1. The summed E-state index contributed by atoms with van der Waals surface area (Å²) in [5.41, 5.74) is 3.67. The highest BCUT2D eigenvalue weighted by molar-refractivity contribution is 5.82. The molecule has 0 spiro atoms. The lowest BCUT2D eigenvalue weighted by molar-refractivity contribution is -0.0470. The van der Waals surface area contributed by atoms with Gasteiger partial charge in [0.1, 0.15) is 0 Å². The van der Waals surface area contributed by atoms with Crippen LogP contribution >= 0.6 is 0 Å². The summed E-state index contributed by atoms with van der Waals surface area (Å²) < 4.78 is 0. The highest BCUT2D eigenvalue weighted by Gasteiger charge is 2.58. The van der Waals surface area contributed by atoms with E-state index < -0.39 is 5.60 Å². The topological polar surface area (TPSA) is 45.1 Å². The van der Waals surface area contributed by atoms with Crippen LogP contribution in [0.5, 0.6) is 0 Å². The van der Waals surface area contributed by atoms with Crippen molar-refractivity contribution in [3.63, 3.8) is 0 Å². The SMILES string of the molecule is CC12CC=C3C=C4CCNCC4CC[C@]3(O)C1CCC2c1ccc2ccncc2c1. The van der Waals surface area contributed by atoms with Crippen molar-refractivity contribution < 1.29 is 5.11 Å². The molecule has 1 aromatic carbocycles. The Labute approximate surface area is 179 Å². The molecule has 0 radical (unpaired) electrons. The molecule has 1 saturated heterocycles. The second-order valence-electron chi connectivity index (χ2n) is 10.4. The Bertz CT molecular complexity index is 1060. The third kappa shape index (κ3) is 2.68. The molecular weight excluding hydrogens is 368 g/mol. The Morgan fingerprint density at radius 1 is 1.13 bits per heavy atom. The molecule has 0 bridgehead atoms. The Morgan fingerprint density at radius 3 is 3.00 bits per heavy atom. The Balaban J connectivity index is 1.38. The number of rotatable bonds is 1. The van der Waals surface area contributed by atoms with Crippen molar-refractivity contribution in [2.45, 2.75) is 57.0 Å². The van der Waals surface area contributed by atoms with E-state index in [4.69, 9.17) is 0 Å². The van der Waals surface area contributed by atoms with Crippen LogP contribution in [0.25, 0.3) is 10.8 Å². The summed E-state index contributed by atoms with van der Waals surface area (Å²) in [5.74, 6) is 1.43. The summed E-state index contributed by atoms with van der Waals surface area (Å²) >= 11 is 0. The van der Waals surface area contributed by atoms with E-state index in [9.17, 15) is 5.11 Å². The van der Waals surface area contributed by atoms with Crippen LogP contribution in [0.15, 0.2) is 60.0 Å². The molecule has 1 aromatic heterocycles. The summed E-state index contributed by atoms with van der Waals surface area (Å²) in [4.78, 5) is 4.33. The molecule has 0 amide bonds. The van der Waals surface area contributed by atoms with E-state index in [-0.39, 0.29) is 5.41 Å². The third-order valence-electron chi connectivity index (χ3n) is 8.96. The standard InChI is InChI=1S/C27H32N2O/c1-26-10-7-23-15-19-9-13-28-16-21(19)6-11-27(23,30)25(26)5-4-24(26)20-3-2-18-8-12-29-17-22(18)14-20/h2-3,7-8,12,14-15,17,21,24-25,28,30H,4-6,9-11,13,16H2,1H3/t21?,24?,25?,26?,27-/m1/s1. The minimum atomic E-state index is -0.662. The fourth-order valence-corrected chi connectivity index (χ4v) is 7.30. The highest BCUT2D eigenvalue weighted by Crippen LogP contribution is 2.63. The highest BCUT2D eigenvalue weighted by atomic mass is 16.3. The van der Waals surface area contributed by atoms with Crippen molar-refractivity contribution in [2.75, 3.05) is 13.1 Å². The third-order valence-corrected chi connectivity index (χ3v) is 8.96. The zero-order valence-electron chi connectivity index (χ0n) is 17.9. The van der Waals surface area contributed by atoms with Crippen molar-refractivity contribution in [2.24, 2.45) is 17.3 Å². The van der Waals surface area contributed by atoms with Crippen LogP contribution in [-0.4, -0.2) is 28.8 Å². The molecule has 4 unspecified atom stereocenters. The first-order chi connectivity index (χ1) is 14.6. The number of piperidine rings is 1. The Morgan fingerprint density at radius 2 is 2.07 bits per heavy atom. The van der Waals surface area contributed by atoms with Crippen LogP contribution < -0.4 is 5.32 Å². The lowest BCUT2D eigenvalue weighted by atomic mass is 9.58. The van der Waals surface area contributed by atoms with E-state index in [1.54, 1.807) is 5.57 Å². The largest absolute Gasteiger partial charge is 0.385 e. The number of hydrogen-bond donors (Lipinski definition) is 2. The van der Waals surface area contributed by atoms with Gasteiger partial charge in [0.25, 0.3) is 0 Å². The molecule has 2 N–H and O–H groups in total. The molecule has 2 heterocycles. The number of hydrogen-bond acceptors (Lipinski definition) is 3. The van der Waals surface area contributed by atoms with Gasteiger partial charge >= 0.3 is 0 Å². The molecular formula is C27H32N2O. The lowest BCUT2D eigenvalue weighted by Gasteiger charge is -2.49. The molecule has 3 heteroatoms. The quantitative estimate of drug-likeness (QED) is 0.698. The average molecular weight is 401 g/mol. The summed E-state index contributed by atoms with van der Waals surface area (Å²) in [6.07, 6.45) is 15.1. The van der Waals surface area contributed by atoms with Gasteiger partial charge in [-0.05, 0) is 96.9 Å². The van der Waals surface area contributed by atoms with E-state index in [0.717, 1.165) is 51.6 Å². The van der Waals surface area contributed by atoms with Gasteiger partial charge in [0.2, 0.25) is 0 Å². The van der Waals surface area contributed by atoms with Gasteiger partial charge in [-0.25, -0.2) is 0 Å². The molecule has 2 fully saturated rings. The van der Waals surface area contributed by atoms with Crippen LogP contribution in [0.4, 0.5) is 0 Å². The summed E-state index contributed by atoms with van der Waals surface area (Å²) in [7, 11) is 0. The van der Waals surface area contributed by atoms with Gasteiger partial charge in [-0.1, -0.05) is 36.8 Å². The predicted octanol–water partition coefficient (Wildman–Crippen LogP) is 5.13. The van der Waals surface area contributed by atoms with Gasteiger partial charge < -0.3 is 10.4 Å². The summed E-state index contributed by atoms with van der Waals surface area (Å²) in [5, 5.41) is 18.2. The molecule has 156 valence electrons. The number of allylic oxidation sites excluding steroid dienone is 1. The molecule has 5 atom stereocenters. The van der Waals surface area contributed by atoms with Crippen LogP contribution in [0.2, 0.25) is 0 Å². The fourth-order valence-electron chi connectivity index (χ4n) is 7.30. The van der Waals surface area contributed by atoms with Gasteiger partial charge in [-0.3, -0.25) is 4.98 Å². The van der Waals surface area contributed by atoms with Crippen LogP contribution in [-0.2, 0) is 0 Å². The van der Waals surface area contributed by atoms with Crippen molar-refractivity contribution in [3.8, 4) is 0 Å². The second-order valence-corrected chi connectivity index (χ2v) is 10.4. The van der Waals surface area contributed by atoms with Gasteiger partial charge in [0.05, 0.1) is 5.60 Å². The smallest absolute Gasteiger partial charge is 0.0927 e. The lowest BCUT2D eigenvalue weighted by Crippen LogP contribution is -2.49. The minimum Gasteiger partial charge on any atom is -0.385 e. The van der Waals surface area contributed by atoms with Crippen molar-refractivity contribution in [1.82, 2.24) is 10.3 Å². The van der Waals surface area contributed by atoms with Crippen LogP contribution in [0, 0.1) is 17.3 Å². The first-order valence-electron chi connectivity index (χ1n) is 11.8. The number of fused-ring (bicyclic) bond motifs is 5. The molecule has 30 heavy (non-hydrogen) atoms. The molecule has 6 rings (SSSR count). The van der Waals surface area contributed by atoms with E-state index in [1.165, 1.54) is 21.9 Å². The van der Waals surface area contributed by atoms with Crippen molar-refractivity contribution in [3.05, 3.63) is 65.5 Å². The van der Waals surface area contributed by atoms with Gasteiger partial charge in [-0.15, -0.1) is 0 Å². The normalized spacial score (nSPS) is 38.1. The number of nitrogens with zero attached hydrogens (tertiary/aromatic N) is 1. The molecule has 4 aliphatic rings. The Hall–Kier alpha value is -1.97. The number of aromatic nitrogens is 1. The minimum absolute atomic E-state index is 0.112. The second kappa shape index (κ2) is 6.77. The molecule has 1 saturated carbocycles. The number of benzene rings is 1. The zero-order valence-corrected chi connectivity index (χ0v) is 17.9. The molecule has 2 aromatic rings.